The quantitative estimate of drug-likeness (QED) is 0.822. The van der Waals surface area contributed by atoms with Crippen LogP contribution in [0.5, 0.6) is 0 Å². The van der Waals surface area contributed by atoms with Crippen molar-refractivity contribution < 1.29 is 9.32 Å². The van der Waals surface area contributed by atoms with Crippen LogP contribution in [-0.4, -0.2) is 34.1 Å². The van der Waals surface area contributed by atoms with Gasteiger partial charge in [0.15, 0.2) is 5.82 Å². The number of aromatic nitrogens is 3. The molecule has 0 fully saturated rings. The molecule has 0 aliphatic heterocycles. The van der Waals surface area contributed by atoms with Crippen molar-refractivity contribution in [3.63, 3.8) is 0 Å². The summed E-state index contributed by atoms with van der Waals surface area (Å²) in [5, 5.41) is 9.62. The second kappa shape index (κ2) is 6.65. The number of anilines is 1. The van der Waals surface area contributed by atoms with E-state index >= 15 is 0 Å². The van der Waals surface area contributed by atoms with Crippen LogP contribution in [0.1, 0.15) is 29.0 Å². The lowest BCUT2D eigenvalue weighted by Crippen LogP contribution is -2.26. The third-order valence-corrected chi connectivity index (χ3v) is 2.63. The fourth-order valence-electron chi connectivity index (χ4n) is 1.74. The first-order valence-corrected chi connectivity index (χ1v) is 6.46. The number of hydrogen-bond acceptors (Lipinski definition) is 6. The maximum atomic E-state index is 12.1. The van der Waals surface area contributed by atoms with Crippen LogP contribution in [0, 0.1) is 6.92 Å². The maximum absolute atomic E-state index is 12.1. The van der Waals surface area contributed by atoms with Gasteiger partial charge in [-0.1, -0.05) is 5.16 Å². The molecular weight excluding hydrogens is 258 g/mol. The molecule has 0 aromatic carbocycles. The summed E-state index contributed by atoms with van der Waals surface area (Å²) < 4.78 is 4.98. The number of amides is 1. The lowest BCUT2D eigenvalue weighted by Gasteiger charge is -2.09. The zero-order valence-corrected chi connectivity index (χ0v) is 11.5. The fraction of sp³-hybridized carbons (Fsp3) is 0.385. The van der Waals surface area contributed by atoms with Gasteiger partial charge in [0.25, 0.3) is 5.91 Å². The molecule has 2 aromatic rings. The smallest absolute Gasteiger partial charge is 0.253 e. The van der Waals surface area contributed by atoms with Gasteiger partial charge in [-0.05, 0) is 19.9 Å². The van der Waals surface area contributed by atoms with Crippen LogP contribution in [0.3, 0.4) is 0 Å². The van der Waals surface area contributed by atoms with Gasteiger partial charge in [0.1, 0.15) is 0 Å². The van der Waals surface area contributed by atoms with E-state index in [9.17, 15) is 4.79 Å². The molecule has 0 saturated carbocycles. The molecule has 0 spiro atoms. The van der Waals surface area contributed by atoms with Gasteiger partial charge in [-0.3, -0.25) is 9.78 Å². The Morgan fingerprint density at radius 3 is 3.00 bits per heavy atom. The summed E-state index contributed by atoms with van der Waals surface area (Å²) in [5.74, 6) is 0.957. The Kier molecular flexibility index (Phi) is 4.65. The second-order valence-electron chi connectivity index (χ2n) is 4.19. The number of carbonyl (C=O) groups excluding carboxylic acids is 1. The van der Waals surface area contributed by atoms with E-state index in [1.165, 1.54) is 0 Å². The first-order valence-electron chi connectivity index (χ1n) is 6.46. The molecule has 2 N–H and O–H groups in total. The minimum absolute atomic E-state index is 0.153. The molecule has 0 atom stereocenters. The molecule has 0 bridgehead atoms. The molecule has 0 saturated heterocycles. The summed E-state index contributed by atoms with van der Waals surface area (Å²) in [6.45, 7) is 4.89. The Hall–Kier alpha value is -2.44. The maximum Gasteiger partial charge on any atom is 0.253 e. The minimum atomic E-state index is -0.153. The Labute approximate surface area is 116 Å². The van der Waals surface area contributed by atoms with Crippen LogP contribution < -0.4 is 10.6 Å². The Morgan fingerprint density at radius 2 is 2.30 bits per heavy atom. The third kappa shape index (κ3) is 3.53. The van der Waals surface area contributed by atoms with Gasteiger partial charge in [0.2, 0.25) is 5.89 Å². The molecular formula is C13H17N5O2. The molecule has 7 nitrogen and oxygen atoms in total. The van der Waals surface area contributed by atoms with E-state index in [1.807, 2.05) is 6.92 Å². The van der Waals surface area contributed by atoms with Crippen molar-refractivity contribution in [2.45, 2.75) is 20.3 Å². The van der Waals surface area contributed by atoms with Crippen molar-refractivity contribution in [1.82, 2.24) is 20.4 Å². The largest absolute Gasteiger partial charge is 0.383 e. The highest BCUT2D eigenvalue weighted by Gasteiger charge is 2.11. The highest BCUT2D eigenvalue weighted by molar-refractivity contribution is 5.99. The van der Waals surface area contributed by atoms with Gasteiger partial charge in [0.05, 0.1) is 17.4 Å². The molecule has 0 radical (unpaired) electrons. The van der Waals surface area contributed by atoms with Gasteiger partial charge in [-0.2, -0.15) is 4.98 Å². The molecule has 0 aliphatic carbocycles. The van der Waals surface area contributed by atoms with Gasteiger partial charge in [0, 0.05) is 25.7 Å². The topological polar surface area (TPSA) is 92.9 Å². The van der Waals surface area contributed by atoms with Crippen LogP contribution >= 0.6 is 0 Å². The summed E-state index contributed by atoms with van der Waals surface area (Å²) in [6, 6.07) is 1.68. The lowest BCUT2D eigenvalue weighted by molar-refractivity contribution is 0.0954. The van der Waals surface area contributed by atoms with Gasteiger partial charge in [-0.15, -0.1) is 0 Å². The highest BCUT2D eigenvalue weighted by atomic mass is 16.5. The fourth-order valence-corrected chi connectivity index (χ4v) is 1.74. The molecule has 2 heterocycles. The summed E-state index contributed by atoms with van der Waals surface area (Å²) in [6.07, 6.45) is 3.74. The van der Waals surface area contributed by atoms with Crippen molar-refractivity contribution in [2.75, 3.05) is 18.4 Å². The lowest BCUT2D eigenvalue weighted by atomic mass is 10.2. The monoisotopic (exact) mass is 275 g/mol. The molecule has 0 aliphatic rings. The van der Waals surface area contributed by atoms with E-state index in [0.29, 0.717) is 30.2 Å². The first kappa shape index (κ1) is 14.0. The average molecular weight is 275 g/mol. The van der Waals surface area contributed by atoms with Crippen molar-refractivity contribution >= 4 is 11.6 Å². The summed E-state index contributed by atoms with van der Waals surface area (Å²) in [4.78, 5) is 20.2. The van der Waals surface area contributed by atoms with Crippen LogP contribution in [-0.2, 0) is 6.42 Å². The van der Waals surface area contributed by atoms with Crippen LogP contribution in [0.15, 0.2) is 23.0 Å². The van der Waals surface area contributed by atoms with Gasteiger partial charge in [-0.25, -0.2) is 0 Å². The molecule has 2 aromatic heterocycles. The van der Waals surface area contributed by atoms with Crippen LogP contribution in [0.4, 0.5) is 5.69 Å². The van der Waals surface area contributed by atoms with E-state index in [2.05, 4.69) is 25.8 Å². The number of nitrogens with one attached hydrogen (secondary N) is 2. The normalized spacial score (nSPS) is 10.3. The SMILES string of the molecule is CCNc1cnccc1C(=O)NCCc1nc(C)no1. The Balaban J connectivity index is 1.91. The standard InChI is InChI=1S/C13H17N5O2/c1-3-15-11-8-14-6-4-10(11)13(19)16-7-5-12-17-9(2)18-20-12/h4,6,8,15H,3,5,7H2,1-2H3,(H,16,19). The summed E-state index contributed by atoms with van der Waals surface area (Å²) in [5.41, 5.74) is 1.30. The molecule has 7 heteroatoms. The number of aryl methyl sites for hydroxylation is 1. The van der Waals surface area contributed by atoms with Crippen molar-refractivity contribution in [3.8, 4) is 0 Å². The van der Waals surface area contributed by atoms with Crippen LogP contribution in [0.2, 0.25) is 0 Å². The van der Waals surface area contributed by atoms with Crippen molar-refractivity contribution in [1.29, 1.82) is 0 Å². The summed E-state index contributed by atoms with van der Waals surface area (Å²) >= 11 is 0. The van der Waals surface area contributed by atoms with E-state index in [4.69, 9.17) is 4.52 Å². The van der Waals surface area contributed by atoms with Gasteiger partial charge < -0.3 is 15.2 Å². The van der Waals surface area contributed by atoms with E-state index in [0.717, 1.165) is 12.2 Å². The van der Waals surface area contributed by atoms with E-state index < -0.39 is 0 Å². The third-order valence-electron chi connectivity index (χ3n) is 2.63. The van der Waals surface area contributed by atoms with Crippen LogP contribution in [0.25, 0.3) is 0 Å². The van der Waals surface area contributed by atoms with E-state index in [-0.39, 0.29) is 5.91 Å². The number of nitrogens with zero attached hydrogens (tertiary/aromatic N) is 3. The zero-order chi connectivity index (χ0) is 14.4. The number of hydrogen-bond donors (Lipinski definition) is 2. The zero-order valence-electron chi connectivity index (χ0n) is 11.5. The molecule has 106 valence electrons. The highest BCUT2D eigenvalue weighted by Crippen LogP contribution is 2.12. The molecule has 0 unspecified atom stereocenters. The molecule has 20 heavy (non-hydrogen) atoms. The first-order chi connectivity index (χ1) is 9.70. The molecule has 2 rings (SSSR count). The van der Waals surface area contributed by atoms with E-state index in [1.54, 1.807) is 25.4 Å². The average Bonchev–Trinajstić information content (AvgIpc) is 2.85. The Morgan fingerprint density at radius 1 is 1.45 bits per heavy atom. The number of carbonyl (C=O) groups is 1. The molecule has 1 amide bonds. The number of rotatable bonds is 6. The predicted molar refractivity (Wildman–Crippen MR) is 73.5 cm³/mol. The van der Waals surface area contributed by atoms with Crippen molar-refractivity contribution in [2.24, 2.45) is 0 Å². The van der Waals surface area contributed by atoms with Gasteiger partial charge >= 0.3 is 0 Å². The second-order valence-corrected chi connectivity index (χ2v) is 4.19. The minimum Gasteiger partial charge on any atom is -0.383 e. The summed E-state index contributed by atoms with van der Waals surface area (Å²) in [7, 11) is 0. The predicted octanol–water partition coefficient (Wildman–Crippen LogP) is 1.18. The number of pyridine rings is 1. The van der Waals surface area contributed by atoms with Crippen molar-refractivity contribution in [3.05, 3.63) is 35.7 Å². The Bertz CT molecular complexity index is 582.